The highest BCUT2D eigenvalue weighted by Gasteiger charge is 2.50. The normalized spacial score (nSPS) is 27.0. The SMILES string of the molecule is COc1ccc(C)cc1C(=O)N1CC[C@H](O)[C@@]2(CCCNC2=O)C1. The van der Waals surface area contributed by atoms with E-state index in [-0.39, 0.29) is 18.4 Å². The molecule has 2 atom stereocenters. The summed E-state index contributed by atoms with van der Waals surface area (Å²) in [6.07, 6.45) is 1.13. The molecule has 0 radical (unpaired) electrons. The van der Waals surface area contributed by atoms with Crippen LogP contribution in [0.25, 0.3) is 0 Å². The first-order valence-corrected chi connectivity index (χ1v) is 8.38. The van der Waals surface area contributed by atoms with Crippen LogP contribution in [-0.4, -0.2) is 54.7 Å². The second-order valence-electron chi connectivity index (χ2n) is 6.75. The first kappa shape index (κ1) is 16.8. The maximum absolute atomic E-state index is 13.0. The summed E-state index contributed by atoms with van der Waals surface area (Å²) in [5, 5.41) is 13.3. The molecule has 0 bridgehead atoms. The number of carbonyl (C=O) groups excluding carboxylic acids is 2. The Balaban J connectivity index is 1.89. The molecule has 1 spiro atoms. The number of methoxy groups -OCH3 is 1. The van der Waals surface area contributed by atoms with Crippen LogP contribution in [-0.2, 0) is 4.79 Å². The molecule has 6 nitrogen and oxygen atoms in total. The zero-order chi connectivity index (χ0) is 17.3. The summed E-state index contributed by atoms with van der Waals surface area (Å²) in [5.74, 6) is 0.231. The van der Waals surface area contributed by atoms with Gasteiger partial charge in [-0.25, -0.2) is 0 Å². The maximum Gasteiger partial charge on any atom is 0.257 e. The lowest BCUT2D eigenvalue weighted by molar-refractivity contribution is -0.147. The molecule has 2 amide bonds. The van der Waals surface area contributed by atoms with Crippen molar-refractivity contribution in [2.45, 2.75) is 32.3 Å². The van der Waals surface area contributed by atoms with Crippen LogP contribution in [0.5, 0.6) is 5.75 Å². The van der Waals surface area contributed by atoms with Gasteiger partial charge in [0.1, 0.15) is 5.75 Å². The fourth-order valence-electron chi connectivity index (χ4n) is 3.78. The topological polar surface area (TPSA) is 78.9 Å². The van der Waals surface area contributed by atoms with E-state index in [1.54, 1.807) is 17.0 Å². The Morgan fingerprint density at radius 1 is 1.46 bits per heavy atom. The number of hydrogen-bond acceptors (Lipinski definition) is 4. The first-order chi connectivity index (χ1) is 11.5. The molecular weight excluding hydrogens is 308 g/mol. The monoisotopic (exact) mass is 332 g/mol. The molecule has 24 heavy (non-hydrogen) atoms. The summed E-state index contributed by atoms with van der Waals surface area (Å²) < 4.78 is 5.32. The van der Waals surface area contributed by atoms with Gasteiger partial charge in [0.15, 0.2) is 0 Å². The zero-order valence-electron chi connectivity index (χ0n) is 14.2. The van der Waals surface area contributed by atoms with E-state index in [0.717, 1.165) is 12.0 Å². The number of amides is 2. The van der Waals surface area contributed by atoms with E-state index in [1.807, 2.05) is 13.0 Å². The smallest absolute Gasteiger partial charge is 0.257 e. The van der Waals surface area contributed by atoms with Gasteiger partial charge in [-0.1, -0.05) is 11.6 Å². The molecular formula is C18H24N2O4. The predicted octanol–water partition coefficient (Wildman–Crippen LogP) is 1.11. The quantitative estimate of drug-likeness (QED) is 0.850. The van der Waals surface area contributed by atoms with Crippen LogP contribution in [0.15, 0.2) is 18.2 Å². The molecule has 0 saturated carbocycles. The third-order valence-corrected chi connectivity index (χ3v) is 5.19. The molecule has 0 aromatic heterocycles. The van der Waals surface area contributed by atoms with Gasteiger partial charge in [-0.15, -0.1) is 0 Å². The van der Waals surface area contributed by atoms with Gasteiger partial charge in [-0.2, -0.15) is 0 Å². The van der Waals surface area contributed by atoms with Crippen LogP contribution >= 0.6 is 0 Å². The summed E-state index contributed by atoms with van der Waals surface area (Å²) in [5.41, 5.74) is 0.588. The van der Waals surface area contributed by atoms with E-state index in [9.17, 15) is 14.7 Å². The molecule has 1 aromatic rings. The summed E-state index contributed by atoms with van der Waals surface area (Å²) in [7, 11) is 1.54. The number of carbonyl (C=O) groups is 2. The zero-order valence-corrected chi connectivity index (χ0v) is 14.2. The lowest BCUT2D eigenvalue weighted by atomic mass is 9.71. The Morgan fingerprint density at radius 3 is 2.96 bits per heavy atom. The molecule has 2 heterocycles. The predicted molar refractivity (Wildman–Crippen MR) is 88.9 cm³/mol. The van der Waals surface area contributed by atoms with Crippen molar-refractivity contribution in [1.29, 1.82) is 0 Å². The third kappa shape index (κ3) is 2.75. The van der Waals surface area contributed by atoms with Gasteiger partial charge in [0.05, 0.1) is 24.2 Å². The Labute approximate surface area is 141 Å². The standard InChI is InChI=1S/C18H24N2O4/c1-12-4-5-14(24-2)13(10-12)16(22)20-9-6-15(21)18(11-20)7-3-8-19-17(18)23/h4-5,10,15,21H,3,6-9,11H2,1-2H3,(H,19,23)/t15-,18+/m0/s1. The van der Waals surface area contributed by atoms with Crippen molar-refractivity contribution >= 4 is 11.8 Å². The third-order valence-electron chi connectivity index (χ3n) is 5.19. The van der Waals surface area contributed by atoms with Crippen molar-refractivity contribution in [3.05, 3.63) is 29.3 Å². The Hall–Kier alpha value is -2.08. The number of ether oxygens (including phenoxy) is 1. The van der Waals surface area contributed by atoms with Crippen molar-refractivity contribution in [2.24, 2.45) is 5.41 Å². The number of benzene rings is 1. The van der Waals surface area contributed by atoms with Crippen LogP contribution in [0, 0.1) is 12.3 Å². The molecule has 2 aliphatic heterocycles. The molecule has 1 aromatic carbocycles. The fourth-order valence-corrected chi connectivity index (χ4v) is 3.78. The minimum Gasteiger partial charge on any atom is -0.496 e. The molecule has 6 heteroatoms. The molecule has 3 rings (SSSR count). The van der Waals surface area contributed by atoms with E-state index in [4.69, 9.17) is 4.74 Å². The maximum atomic E-state index is 13.0. The molecule has 2 N–H and O–H groups in total. The van der Waals surface area contributed by atoms with Crippen LogP contribution in [0.1, 0.15) is 35.2 Å². The summed E-state index contributed by atoms with van der Waals surface area (Å²) in [6.45, 7) is 3.24. The van der Waals surface area contributed by atoms with Gasteiger partial charge < -0.3 is 20.1 Å². The van der Waals surface area contributed by atoms with Crippen LogP contribution < -0.4 is 10.1 Å². The number of nitrogens with one attached hydrogen (secondary N) is 1. The molecule has 2 fully saturated rings. The van der Waals surface area contributed by atoms with Gasteiger partial charge in [-0.05, 0) is 38.3 Å². The van der Waals surface area contributed by atoms with E-state index < -0.39 is 11.5 Å². The van der Waals surface area contributed by atoms with Crippen molar-refractivity contribution in [3.63, 3.8) is 0 Å². The summed E-state index contributed by atoms with van der Waals surface area (Å²) in [4.78, 5) is 27.1. The van der Waals surface area contributed by atoms with Crippen LogP contribution in [0.3, 0.4) is 0 Å². The van der Waals surface area contributed by atoms with E-state index in [2.05, 4.69) is 5.32 Å². The van der Waals surface area contributed by atoms with Crippen molar-refractivity contribution in [3.8, 4) is 5.75 Å². The average Bonchev–Trinajstić information content (AvgIpc) is 2.59. The number of aliphatic hydroxyl groups is 1. The van der Waals surface area contributed by atoms with Gasteiger partial charge in [0, 0.05) is 19.6 Å². The van der Waals surface area contributed by atoms with Gasteiger partial charge in [-0.3, -0.25) is 9.59 Å². The summed E-state index contributed by atoms with van der Waals surface area (Å²) >= 11 is 0. The van der Waals surface area contributed by atoms with Crippen LogP contribution in [0.4, 0.5) is 0 Å². The van der Waals surface area contributed by atoms with Gasteiger partial charge >= 0.3 is 0 Å². The lowest BCUT2D eigenvalue weighted by Gasteiger charge is -2.46. The number of hydrogen-bond donors (Lipinski definition) is 2. The second-order valence-corrected chi connectivity index (χ2v) is 6.75. The number of piperidine rings is 2. The molecule has 0 unspecified atom stereocenters. The minimum atomic E-state index is -0.886. The van der Waals surface area contributed by atoms with E-state index in [1.165, 1.54) is 7.11 Å². The fraction of sp³-hybridized carbons (Fsp3) is 0.556. The van der Waals surface area contributed by atoms with Crippen molar-refractivity contribution in [2.75, 3.05) is 26.7 Å². The molecule has 0 aliphatic carbocycles. The first-order valence-electron chi connectivity index (χ1n) is 8.38. The number of nitrogens with zero attached hydrogens (tertiary/aromatic N) is 1. The highest BCUT2D eigenvalue weighted by molar-refractivity contribution is 5.98. The number of rotatable bonds is 2. The van der Waals surface area contributed by atoms with Crippen molar-refractivity contribution in [1.82, 2.24) is 10.2 Å². The Bertz CT molecular complexity index is 660. The van der Waals surface area contributed by atoms with Gasteiger partial charge in [0.25, 0.3) is 5.91 Å². The van der Waals surface area contributed by atoms with E-state index >= 15 is 0 Å². The highest BCUT2D eigenvalue weighted by atomic mass is 16.5. The Kier molecular flexibility index (Phi) is 4.49. The van der Waals surface area contributed by atoms with E-state index in [0.29, 0.717) is 37.2 Å². The lowest BCUT2D eigenvalue weighted by Crippen LogP contribution is -2.62. The second kappa shape index (κ2) is 6.43. The number of aryl methyl sites for hydroxylation is 1. The molecule has 2 saturated heterocycles. The molecule has 130 valence electrons. The number of aliphatic hydroxyl groups excluding tert-OH is 1. The minimum absolute atomic E-state index is 0.144. The summed E-state index contributed by atoms with van der Waals surface area (Å²) in [6, 6.07) is 5.48. The van der Waals surface area contributed by atoms with Crippen LogP contribution in [0.2, 0.25) is 0 Å². The van der Waals surface area contributed by atoms with Gasteiger partial charge in [0.2, 0.25) is 5.91 Å². The highest BCUT2D eigenvalue weighted by Crippen LogP contribution is 2.38. The van der Waals surface area contributed by atoms with Crippen molar-refractivity contribution < 1.29 is 19.4 Å². The molecule has 2 aliphatic rings. The number of likely N-dealkylation sites (tertiary alicyclic amines) is 1. The largest absolute Gasteiger partial charge is 0.496 e. The Morgan fingerprint density at radius 2 is 2.25 bits per heavy atom. The average molecular weight is 332 g/mol.